The van der Waals surface area contributed by atoms with E-state index in [4.69, 9.17) is 4.52 Å². The van der Waals surface area contributed by atoms with E-state index in [-0.39, 0.29) is 12.0 Å². The topological polar surface area (TPSA) is 67.3 Å². The summed E-state index contributed by atoms with van der Waals surface area (Å²) in [5, 5.41) is 18.8. The molecule has 0 unspecified atom stereocenters. The van der Waals surface area contributed by atoms with Gasteiger partial charge in [-0.2, -0.15) is 5.10 Å². The summed E-state index contributed by atoms with van der Waals surface area (Å²) < 4.78 is 7.20. The number of aryl methyl sites for hydroxylation is 2. The lowest BCUT2D eigenvalue weighted by molar-refractivity contribution is 0.137. The minimum Gasteiger partial charge on any atom is -0.391 e. The molecular formula is C20H24N4O2. The Morgan fingerprint density at radius 3 is 2.88 bits per heavy atom. The van der Waals surface area contributed by atoms with E-state index in [9.17, 15) is 5.11 Å². The van der Waals surface area contributed by atoms with Gasteiger partial charge in [-0.25, -0.2) is 4.68 Å². The van der Waals surface area contributed by atoms with Crippen molar-refractivity contribution >= 4 is 0 Å². The molecule has 3 heterocycles. The summed E-state index contributed by atoms with van der Waals surface area (Å²) in [6, 6.07) is 10.2. The standard InChI is InChI=1S/C20H24N4O2/c1-14-4-3-5-18(6-14)24-11-16(9-21-24)10-23-12-17(20(25)13-23)8-19-7-15(2)22-26-19/h3-7,9,11,17,20,25H,8,10,12-13H2,1-2H3/t17-,20+/m1/s1. The zero-order valence-corrected chi connectivity index (χ0v) is 15.2. The summed E-state index contributed by atoms with van der Waals surface area (Å²) in [7, 11) is 0. The minimum absolute atomic E-state index is 0.175. The fourth-order valence-electron chi connectivity index (χ4n) is 3.65. The van der Waals surface area contributed by atoms with Crippen LogP contribution in [0.15, 0.2) is 47.2 Å². The van der Waals surface area contributed by atoms with E-state index in [1.165, 1.54) is 5.56 Å². The van der Waals surface area contributed by atoms with Crippen molar-refractivity contribution in [2.75, 3.05) is 13.1 Å². The first-order valence-corrected chi connectivity index (χ1v) is 9.00. The number of aliphatic hydroxyl groups excluding tert-OH is 1. The fraction of sp³-hybridized carbons (Fsp3) is 0.400. The van der Waals surface area contributed by atoms with Gasteiger partial charge in [0.1, 0.15) is 5.76 Å². The Bertz CT molecular complexity index is 885. The predicted molar refractivity (Wildman–Crippen MR) is 98.0 cm³/mol. The third kappa shape index (κ3) is 3.71. The highest BCUT2D eigenvalue weighted by Crippen LogP contribution is 2.23. The van der Waals surface area contributed by atoms with E-state index in [0.717, 1.165) is 42.2 Å². The average Bonchev–Trinajstić information content (AvgIpc) is 3.30. The maximum Gasteiger partial charge on any atom is 0.137 e. The smallest absolute Gasteiger partial charge is 0.137 e. The molecule has 2 atom stereocenters. The Kier molecular flexibility index (Phi) is 4.61. The molecule has 1 aliphatic rings. The Labute approximate surface area is 153 Å². The van der Waals surface area contributed by atoms with E-state index in [1.807, 2.05) is 29.9 Å². The largest absolute Gasteiger partial charge is 0.391 e. The molecule has 136 valence electrons. The maximum atomic E-state index is 10.4. The molecule has 0 amide bonds. The van der Waals surface area contributed by atoms with Gasteiger partial charge in [-0.15, -0.1) is 0 Å². The summed E-state index contributed by atoms with van der Waals surface area (Å²) in [5.41, 5.74) is 4.31. The van der Waals surface area contributed by atoms with Crippen molar-refractivity contribution in [2.45, 2.75) is 32.9 Å². The normalized spacial score (nSPS) is 20.7. The molecule has 1 N–H and O–H groups in total. The van der Waals surface area contributed by atoms with Crippen LogP contribution < -0.4 is 0 Å². The fourth-order valence-corrected chi connectivity index (χ4v) is 3.65. The maximum absolute atomic E-state index is 10.4. The van der Waals surface area contributed by atoms with Crippen molar-refractivity contribution in [2.24, 2.45) is 5.92 Å². The third-order valence-electron chi connectivity index (χ3n) is 4.93. The van der Waals surface area contributed by atoms with E-state index in [2.05, 4.69) is 46.5 Å². The van der Waals surface area contributed by atoms with Gasteiger partial charge < -0.3 is 9.63 Å². The average molecular weight is 352 g/mol. The van der Waals surface area contributed by atoms with E-state index >= 15 is 0 Å². The summed E-state index contributed by atoms with van der Waals surface area (Å²) in [6.07, 6.45) is 4.35. The quantitative estimate of drug-likeness (QED) is 0.764. The van der Waals surface area contributed by atoms with Crippen molar-refractivity contribution < 1.29 is 9.63 Å². The van der Waals surface area contributed by atoms with Crippen LogP contribution in [0.25, 0.3) is 5.69 Å². The van der Waals surface area contributed by atoms with Gasteiger partial charge in [0, 0.05) is 49.8 Å². The van der Waals surface area contributed by atoms with Crippen LogP contribution in [-0.2, 0) is 13.0 Å². The molecule has 6 heteroatoms. The summed E-state index contributed by atoms with van der Waals surface area (Å²) in [6.45, 7) is 6.30. The van der Waals surface area contributed by atoms with Crippen LogP contribution in [-0.4, -0.2) is 44.1 Å². The highest BCUT2D eigenvalue weighted by Gasteiger charge is 2.32. The molecule has 0 saturated carbocycles. The summed E-state index contributed by atoms with van der Waals surface area (Å²) >= 11 is 0. The van der Waals surface area contributed by atoms with Crippen molar-refractivity contribution in [3.05, 3.63) is 65.3 Å². The van der Waals surface area contributed by atoms with Gasteiger partial charge in [-0.3, -0.25) is 4.90 Å². The van der Waals surface area contributed by atoms with Gasteiger partial charge in [0.05, 0.1) is 23.7 Å². The second-order valence-corrected chi connectivity index (χ2v) is 7.29. The molecular weight excluding hydrogens is 328 g/mol. The van der Waals surface area contributed by atoms with Crippen molar-refractivity contribution in [1.29, 1.82) is 0 Å². The molecule has 3 aromatic rings. The molecule has 0 aliphatic carbocycles. The van der Waals surface area contributed by atoms with Crippen LogP contribution in [0.5, 0.6) is 0 Å². The minimum atomic E-state index is -0.341. The molecule has 0 bridgehead atoms. The Morgan fingerprint density at radius 1 is 1.23 bits per heavy atom. The van der Waals surface area contributed by atoms with Gasteiger partial charge in [0.2, 0.25) is 0 Å². The number of hydrogen-bond acceptors (Lipinski definition) is 5. The molecule has 0 radical (unpaired) electrons. The molecule has 1 aromatic carbocycles. The Hall–Kier alpha value is -2.44. The molecule has 26 heavy (non-hydrogen) atoms. The van der Waals surface area contributed by atoms with E-state index in [1.54, 1.807) is 0 Å². The number of benzene rings is 1. The van der Waals surface area contributed by atoms with Crippen LogP contribution in [0.1, 0.15) is 22.6 Å². The lowest BCUT2D eigenvalue weighted by Crippen LogP contribution is -2.21. The van der Waals surface area contributed by atoms with E-state index in [0.29, 0.717) is 6.54 Å². The molecule has 1 fully saturated rings. The predicted octanol–water partition coefficient (Wildman–Crippen LogP) is 2.51. The van der Waals surface area contributed by atoms with Crippen molar-refractivity contribution in [1.82, 2.24) is 19.8 Å². The second kappa shape index (κ2) is 7.05. The molecule has 1 aliphatic heterocycles. The summed E-state index contributed by atoms with van der Waals surface area (Å²) in [5.74, 6) is 1.02. The lowest BCUT2D eigenvalue weighted by Gasteiger charge is -2.13. The molecule has 2 aromatic heterocycles. The number of hydrogen-bond donors (Lipinski definition) is 1. The van der Waals surface area contributed by atoms with Gasteiger partial charge >= 0.3 is 0 Å². The number of rotatable bonds is 5. The zero-order valence-electron chi connectivity index (χ0n) is 15.2. The first kappa shape index (κ1) is 17.0. The number of β-amino-alcohol motifs (C(OH)–C–C–N with tert-alkyl or cyclic N) is 1. The number of likely N-dealkylation sites (tertiary alicyclic amines) is 1. The first-order chi connectivity index (χ1) is 12.6. The highest BCUT2D eigenvalue weighted by molar-refractivity contribution is 5.35. The van der Waals surface area contributed by atoms with Gasteiger partial charge in [0.15, 0.2) is 0 Å². The number of nitrogens with zero attached hydrogens (tertiary/aromatic N) is 4. The highest BCUT2D eigenvalue weighted by atomic mass is 16.5. The van der Waals surface area contributed by atoms with Gasteiger partial charge in [-0.1, -0.05) is 17.3 Å². The van der Waals surface area contributed by atoms with Crippen LogP contribution in [0.4, 0.5) is 0 Å². The van der Waals surface area contributed by atoms with Crippen molar-refractivity contribution in [3.8, 4) is 5.69 Å². The molecule has 4 rings (SSSR count). The Morgan fingerprint density at radius 2 is 2.12 bits per heavy atom. The van der Waals surface area contributed by atoms with E-state index < -0.39 is 0 Å². The van der Waals surface area contributed by atoms with Crippen LogP contribution in [0.2, 0.25) is 0 Å². The monoisotopic (exact) mass is 352 g/mol. The van der Waals surface area contributed by atoms with Gasteiger partial charge in [-0.05, 0) is 31.5 Å². The molecule has 6 nitrogen and oxygen atoms in total. The van der Waals surface area contributed by atoms with Crippen LogP contribution in [0, 0.1) is 19.8 Å². The molecule has 1 saturated heterocycles. The van der Waals surface area contributed by atoms with Crippen LogP contribution in [0.3, 0.4) is 0 Å². The zero-order chi connectivity index (χ0) is 18.1. The number of aliphatic hydroxyl groups is 1. The summed E-state index contributed by atoms with van der Waals surface area (Å²) in [4.78, 5) is 2.27. The Balaban J connectivity index is 1.39. The molecule has 0 spiro atoms. The SMILES string of the molecule is Cc1cccc(-n2cc(CN3C[C@@H](Cc4cc(C)no4)[C@@H](O)C3)cn2)c1. The lowest BCUT2D eigenvalue weighted by atomic mass is 10.0. The van der Waals surface area contributed by atoms with Crippen LogP contribution >= 0.6 is 0 Å². The number of aromatic nitrogens is 3. The van der Waals surface area contributed by atoms with Gasteiger partial charge in [0.25, 0.3) is 0 Å². The second-order valence-electron chi connectivity index (χ2n) is 7.29. The first-order valence-electron chi connectivity index (χ1n) is 9.00. The third-order valence-corrected chi connectivity index (χ3v) is 4.93. The van der Waals surface area contributed by atoms with Crippen molar-refractivity contribution in [3.63, 3.8) is 0 Å².